The van der Waals surface area contributed by atoms with Crippen LogP contribution in [-0.4, -0.2) is 51.9 Å². The van der Waals surface area contributed by atoms with Crippen LogP contribution in [0.3, 0.4) is 0 Å². The van der Waals surface area contributed by atoms with E-state index in [0.717, 1.165) is 5.56 Å². The summed E-state index contributed by atoms with van der Waals surface area (Å²) in [6, 6.07) is 11.6. The molecule has 0 atom stereocenters. The third-order valence-corrected chi connectivity index (χ3v) is 4.01. The van der Waals surface area contributed by atoms with Gasteiger partial charge in [0.1, 0.15) is 6.61 Å². The summed E-state index contributed by atoms with van der Waals surface area (Å²) in [7, 11) is 4.84. The predicted molar refractivity (Wildman–Crippen MR) is 101 cm³/mol. The number of halogens is 1. The Hall–Kier alpha value is -2.96. The summed E-state index contributed by atoms with van der Waals surface area (Å²) >= 11 is 0. The van der Waals surface area contributed by atoms with Crippen LogP contribution >= 0.6 is 0 Å². The lowest BCUT2D eigenvalue weighted by molar-refractivity contribution is 0.194. The van der Waals surface area contributed by atoms with Crippen molar-refractivity contribution in [2.45, 2.75) is 6.42 Å². The minimum Gasteiger partial charge on any atom is -0.493 e. The summed E-state index contributed by atoms with van der Waals surface area (Å²) in [6.45, 7) is 1.03. The molecule has 146 valence electrons. The molecule has 0 aromatic heterocycles. The smallest absolute Gasteiger partial charge is 0.317 e. The van der Waals surface area contributed by atoms with Crippen molar-refractivity contribution in [3.05, 3.63) is 53.8 Å². The maximum atomic E-state index is 13.5. The summed E-state index contributed by atoms with van der Waals surface area (Å²) in [5.74, 6) is 1.09. The van der Waals surface area contributed by atoms with Gasteiger partial charge in [-0.3, -0.25) is 0 Å². The van der Waals surface area contributed by atoms with Gasteiger partial charge in [-0.25, -0.2) is 9.18 Å². The molecule has 0 aliphatic carbocycles. The van der Waals surface area contributed by atoms with Crippen LogP contribution in [0.4, 0.5) is 9.18 Å². The monoisotopic (exact) mass is 376 g/mol. The van der Waals surface area contributed by atoms with E-state index in [-0.39, 0.29) is 18.4 Å². The summed E-state index contributed by atoms with van der Waals surface area (Å²) in [5, 5.41) is 2.84. The molecule has 6 nitrogen and oxygen atoms in total. The largest absolute Gasteiger partial charge is 0.493 e. The van der Waals surface area contributed by atoms with Crippen molar-refractivity contribution < 1.29 is 23.4 Å². The minimum atomic E-state index is -0.417. The molecule has 0 spiro atoms. The van der Waals surface area contributed by atoms with Gasteiger partial charge in [-0.15, -0.1) is 0 Å². The zero-order chi connectivity index (χ0) is 19.6. The standard InChI is InChI=1S/C20H25FN2O4/c1-23(12-13-27-17-7-5-4-6-16(17)21)20(24)22-11-10-15-8-9-18(25-2)19(14-15)26-3/h4-9,14H,10-13H2,1-3H3,(H,22,24). The number of methoxy groups -OCH3 is 2. The number of urea groups is 1. The van der Waals surface area contributed by atoms with E-state index in [9.17, 15) is 9.18 Å². The number of rotatable bonds is 9. The van der Waals surface area contributed by atoms with Crippen LogP contribution in [-0.2, 0) is 6.42 Å². The number of para-hydroxylation sites is 1. The number of nitrogens with zero attached hydrogens (tertiary/aromatic N) is 1. The molecule has 2 aromatic rings. The van der Waals surface area contributed by atoms with Crippen molar-refractivity contribution in [3.63, 3.8) is 0 Å². The van der Waals surface area contributed by atoms with E-state index in [2.05, 4.69) is 5.32 Å². The fourth-order valence-corrected chi connectivity index (χ4v) is 2.44. The summed E-state index contributed by atoms with van der Waals surface area (Å²) in [5.41, 5.74) is 1.03. The number of likely N-dealkylation sites (N-methyl/N-ethyl adjacent to an activating group) is 1. The number of hydrogen-bond acceptors (Lipinski definition) is 4. The Morgan fingerprint density at radius 1 is 1.07 bits per heavy atom. The highest BCUT2D eigenvalue weighted by Crippen LogP contribution is 2.27. The van der Waals surface area contributed by atoms with Gasteiger partial charge in [-0.05, 0) is 36.2 Å². The second-order valence-electron chi connectivity index (χ2n) is 5.87. The number of hydrogen-bond donors (Lipinski definition) is 1. The highest BCUT2D eigenvalue weighted by atomic mass is 19.1. The Balaban J connectivity index is 1.72. The molecule has 0 saturated heterocycles. The average molecular weight is 376 g/mol. The lowest BCUT2D eigenvalue weighted by Gasteiger charge is -2.18. The molecule has 0 aliphatic rings. The predicted octanol–water partition coefficient (Wildman–Crippen LogP) is 3.11. The topological polar surface area (TPSA) is 60.0 Å². The van der Waals surface area contributed by atoms with Gasteiger partial charge < -0.3 is 24.4 Å². The van der Waals surface area contributed by atoms with Gasteiger partial charge in [0.15, 0.2) is 23.1 Å². The van der Waals surface area contributed by atoms with Crippen LogP contribution < -0.4 is 19.5 Å². The fraction of sp³-hybridized carbons (Fsp3) is 0.350. The lowest BCUT2D eigenvalue weighted by atomic mass is 10.1. The van der Waals surface area contributed by atoms with Crippen LogP contribution in [0.15, 0.2) is 42.5 Å². The number of nitrogens with one attached hydrogen (secondary N) is 1. The number of benzene rings is 2. The highest BCUT2D eigenvalue weighted by molar-refractivity contribution is 5.73. The summed E-state index contributed by atoms with van der Waals surface area (Å²) in [4.78, 5) is 13.6. The first-order valence-corrected chi connectivity index (χ1v) is 8.62. The van der Waals surface area contributed by atoms with Crippen molar-refractivity contribution in [1.29, 1.82) is 0 Å². The number of ether oxygens (including phenoxy) is 3. The number of carbonyl (C=O) groups is 1. The maximum Gasteiger partial charge on any atom is 0.317 e. The summed E-state index contributed by atoms with van der Waals surface area (Å²) in [6.07, 6.45) is 0.658. The molecule has 0 fully saturated rings. The fourth-order valence-electron chi connectivity index (χ4n) is 2.44. The quantitative estimate of drug-likeness (QED) is 0.731. The molecule has 2 rings (SSSR count). The van der Waals surface area contributed by atoms with E-state index in [1.165, 1.54) is 11.0 Å². The van der Waals surface area contributed by atoms with Gasteiger partial charge in [0.2, 0.25) is 0 Å². The molecule has 2 aromatic carbocycles. The molecular formula is C20H25FN2O4. The van der Waals surface area contributed by atoms with Crippen molar-refractivity contribution in [3.8, 4) is 17.2 Å². The molecule has 1 N–H and O–H groups in total. The minimum absolute atomic E-state index is 0.180. The zero-order valence-corrected chi connectivity index (χ0v) is 15.8. The van der Waals surface area contributed by atoms with Crippen molar-refractivity contribution in [1.82, 2.24) is 10.2 Å². The molecule has 0 bridgehead atoms. The first-order valence-electron chi connectivity index (χ1n) is 8.62. The lowest BCUT2D eigenvalue weighted by Crippen LogP contribution is -2.40. The Morgan fingerprint density at radius 3 is 2.52 bits per heavy atom. The van der Waals surface area contributed by atoms with E-state index in [1.54, 1.807) is 39.5 Å². The molecule has 7 heteroatoms. The van der Waals surface area contributed by atoms with Crippen LogP contribution in [0.25, 0.3) is 0 Å². The van der Waals surface area contributed by atoms with Crippen LogP contribution in [0, 0.1) is 5.82 Å². The first kappa shape index (κ1) is 20.4. The number of carbonyl (C=O) groups excluding carboxylic acids is 1. The SMILES string of the molecule is COc1ccc(CCNC(=O)N(C)CCOc2ccccc2F)cc1OC. The molecule has 0 heterocycles. The third kappa shape index (κ3) is 6.06. The van der Waals surface area contributed by atoms with Crippen molar-refractivity contribution in [2.75, 3.05) is 41.0 Å². The van der Waals surface area contributed by atoms with Crippen LogP contribution in [0.5, 0.6) is 17.2 Å². The first-order chi connectivity index (χ1) is 13.0. The second-order valence-corrected chi connectivity index (χ2v) is 5.87. The zero-order valence-electron chi connectivity index (χ0n) is 15.8. The molecule has 0 saturated carbocycles. The highest BCUT2D eigenvalue weighted by Gasteiger charge is 2.09. The van der Waals surface area contributed by atoms with Gasteiger partial charge in [-0.1, -0.05) is 18.2 Å². The normalized spacial score (nSPS) is 10.2. The Labute approximate surface area is 158 Å². The van der Waals surface area contributed by atoms with Crippen LogP contribution in [0.2, 0.25) is 0 Å². The van der Waals surface area contributed by atoms with Crippen molar-refractivity contribution >= 4 is 6.03 Å². The second kappa shape index (κ2) is 10.3. The third-order valence-electron chi connectivity index (χ3n) is 4.01. The molecule has 2 amide bonds. The van der Waals surface area contributed by atoms with Gasteiger partial charge in [0.05, 0.1) is 20.8 Å². The van der Waals surface area contributed by atoms with Crippen LogP contribution in [0.1, 0.15) is 5.56 Å². The Morgan fingerprint density at radius 2 is 1.81 bits per heavy atom. The molecular weight excluding hydrogens is 351 g/mol. The van der Waals surface area contributed by atoms with Gasteiger partial charge >= 0.3 is 6.03 Å². The van der Waals surface area contributed by atoms with Crippen molar-refractivity contribution in [2.24, 2.45) is 0 Å². The molecule has 27 heavy (non-hydrogen) atoms. The van der Waals surface area contributed by atoms with E-state index in [1.807, 2.05) is 18.2 Å². The van der Waals surface area contributed by atoms with Gasteiger partial charge in [0.25, 0.3) is 0 Å². The van der Waals surface area contributed by atoms with E-state index in [4.69, 9.17) is 14.2 Å². The van der Waals surface area contributed by atoms with Gasteiger partial charge in [0, 0.05) is 13.6 Å². The summed E-state index contributed by atoms with van der Waals surface area (Å²) < 4.78 is 29.3. The maximum absolute atomic E-state index is 13.5. The van der Waals surface area contributed by atoms with E-state index < -0.39 is 5.82 Å². The Kier molecular flexibility index (Phi) is 7.73. The molecule has 0 unspecified atom stereocenters. The molecule has 0 radical (unpaired) electrons. The number of amides is 2. The van der Waals surface area contributed by atoms with E-state index in [0.29, 0.717) is 31.0 Å². The average Bonchev–Trinajstić information content (AvgIpc) is 2.69. The Bertz CT molecular complexity index is 755. The van der Waals surface area contributed by atoms with E-state index >= 15 is 0 Å². The van der Waals surface area contributed by atoms with Gasteiger partial charge in [-0.2, -0.15) is 0 Å². The molecule has 0 aliphatic heterocycles.